The van der Waals surface area contributed by atoms with Gasteiger partial charge in [0.15, 0.2) is 0 Å². The van der Waals surface area contributed by atoms with Crippen LogP contribution in [0.5, 0.6) is 0 Å². The fourth-order valence-corrected chi connectivity index (χ4v) is 1.78. The van der Waals surface area contributed by atoms with E-state index in [1.807, 2.05) is 0 Å². The molecule has 21 heavy (non-hydrogen) atoms. The van der Waals surface area contributed by atoms with Crippen LogP contribution in [0.15, 0.2) is 12.7 Å². The van der Waals surface area contributed by atoms with E-state index in [4.69, 9.17) is 0 Å². The Kier molecular flexibility index (Phi) is 10.6. The molecular formula is C16H31N3O2. The molecule has 0 aromatic carbocycles. The third kappa shape index (κ3) is 13.4. The van der Waals surface area contributed by atoms with E-state index in [9.17, 15) is 9.59 Å². The fourth-order valence-electron chi connectivity index (χ4n) is 1.78. The van der Waals surface area contributed by atoms with E-state index in [2.05, 4.69) is 43.3 Å². The van der Waals surface area contributed by atoms with Crippen molar-refractivity contribution in [3.8, 4) is 0 Å². The number of carbonyl (C=O) groups is 2. The Balaban J connectivity index is 3.56. The Labute approximate surface area is 128 Å². The van der Waals surface area contributed by atoms with Gasteiger partial charge in [0.1, 0.15) is 6.29 Å². The first kappa shape index (κ1) is 19.6. The SMILES string of the molecule is C=CCCC(C=O)NC(=O)NCCCCCNC(C)(C)C. The molecule has 0 heterocycles. The van der Waals surface area contributed by atoms with Gasteiger partial charge in [-0.2, -0.15) is 0 Å². The number of urea groups is 1. The van der Waals surface area contributed by atoms with Crippen molar-refractivity contribution in [2.24, 2.45) is 0 Å². The van der Waals surface area contributed by atoms with Crippen molar-refractivity contribution in [3.63, 3.8) is 0 Å². The number of unbranched alkanes of at least 4 members (excludes halogenated alkanes) is 2. The molecule has 0 aliphatic carbocycles. The molecule has 1 atom stereocenters. The van der Waals surface area contributed by atoms with Crippen LogP contribution >= 0.6 is 0 Å². The Bertz CT molecular complexity index is 311. The molecule has 0 spiro atoms. The highest BCUT2D eigenvalue weighted by atomic mass is 16.2. The second kappa shape index (κ2) is 11.3. The molecule has 1 unspecified atom stereocenters. The Morgan fingerprint density at radius 1 is 1.19 bits per heavy atom. The number of amides is 2. The van der Waals surface area contributed by atoms with Gasteiger partial charge in [-0.15, -0.1) is 6.58 Å². The zero-order chi connectivity index (χ0) is 16.1. The quantitative estimate of drug-likeness (QED) is 0.311. The van der Waals surface area contributed by atoms with E-state index >= 15 is 0 Å². The van der Waals surface area contributed by atoms with E-state index in [-0.39, 0.29) is 11.6 Å². The van der Waals surface area contributed by atoms with Gasteiger partial charge in [-0.3, -0.25) is 0 Å². The smallest absolute Gasteiger partial charge is 0.315 e. The lowest BCUT2D eigenvalue weighted by molar-refractivity contribution is -0.109. The van der Waals surface area contributed by atoms with Crippen molar-refractivity contribution < 1.29 is 9.59 Å². The zero-order valence-electron chi connectivity index (χ0n) is 13.7. The van der Waals surface area contributed by atoms with Gasteiger partial charge in [0.2, 0.25) is 0 Å². The third-order valence-electron chi connectivity index (χ3n) is 2.96. The van der Waals surface area contributed by atoms with Gasteiger partial charge in [0.25, 0.3) is 0 Å². The summed E-state index contributed by atoms with van der Waals surface area (Å²) in [5.41, 5.74) is 0.160. The van der Waals surface area contributed by atoms with Crippen LogP contribution in [-0.2, 0) is 4.79 Å². The molecule has 0 rings (SSSR count). The Hall–Kier alpha value is -1.36. The third-order valence-corrected chi connectivity index (χ3v) is 2.96. The Morgan fingerprint density at radius 2 is 1.86 bits per heavy atom. The minimum Gasteiger partial charge on any atom is -0.338 e. The molecule has 0 aromatic rings. The van der Waals surface area contributed by atoms with Crippen molar-refractivity contribution in [2.45, 2.75) is 64.5 Å². The van der Waals surface area contributed by atoms with E-state index in [1.165, 1.54) is 0 Å². The van der Waals surface area contributed by atoms with Crippen molar-refractivity contribution in [3.05, 3.63) is 12.7 Å². The number of rotatable bonds is 11. The molecule has 0 fully saturated rings. The predicted molar refractivity (Wildman–Crippen MR) is 87.4 cm³/mol. The van der Waals surface area contributed by atoms with Crippen LogP contribution < -0.4 is 16.0 Å². The van der Waals surface area contributed by atoms with Crippen molar-refractivity contribution in [1.82, 2.24) is 16.0 Å². The topological polar surface area (TPSA) is 70.2 Å². The molecule has 0 aromatic heterocycles. The van der Waals surface area contributed by atoms with Crippen LogP contribution in [0.3, 0.4) is 0 Å². The van der Waals surface area contributed by atoms with Gasteiger partial charge in [-0.25, -0.2) is 4.79 Å². The summed E-state index contributed by atoms with van der Waals surface area (Å²) in [6, 6.07) is -0.706. The Morgan fingerprint density at radius 3 is 2.43 bits per heavy atom. The largest absolute Gasteiger partial charge is 0.338 e. The summed E-state index contributed by atoms with van der Waals surface area (Å²) < 4.78 is 0. The maximum Gasteiger partial charge on any atom is 0.315 e. The lowest BCUT2D eigenvalue weighted by Gasteiger charge is -2.20. The lowest BCUT2D eigenvalue weighted by atomic mass is 10.1. The van der Waals surface area contributed by atoms with Crippen LogP contribution in [0.1, 0.15) is 52.9 Å². The summed E-state index contributed by atoms with van der Waals surface area (Å²) in [7, 11) is 0. The van der Waals surface area contributed by atoms with Crippen LogP contribution in [-0.4, -0.2) is 37.0 Å². The zero-order valence-corrected chi connectivity index (χ0v) is 13.7. The fraction of sp³-hybridized carbons (Fsp3) is 0.750. The number of aldehydes is 1. The van der Waals surface area contributed by atoms with Crippen molar-refractivity contribution in [1.29, 1.82) is 0 Å². The summed E-state index contributed by atoms with van der Waals surface area (Å²) >= 11 is 0. The number of allylic oxidation sites excluding steroid dienone is 1. The molecule has 5 nitrogen and oxygen atoms in total. The number of hydrogen-bond acceptors (Lipinski definition) is 3. The number of nitrogens with one attached hydrogen (secondary N) is 3. The van der Waals surface area contributed by atoms with Gasteiger partial charge >= 0.3 is 6.03 Å². The monoisotopic (exact) mass is 297 g/mol. The maximum atomic E-state index is 11.6. The summed E-state index contributed by atoms with van der Waals surface area (Å²) in [6.45, 7) is 11.7. The maximum absolute atomic E-state index is 11.6. The predicted octanol–water partition coefficient (Wildman–Crippen LogP) is 2.38. The summed E-state index contributed by atoms with van der Waals surface area (Å²) in [5.74, 6) is 0. The molecule has 0 bridgehead atoms. The van der Waals surface area contributed by atoms with E-state index in [1.54, 1.807) is 6.08 Å². The molecule has 0 saturated carbocycles. The van der Waals surface area contributed by atoms with E-state index in [0.29, 0.717) is 19.4 Å². The van der Waals surface area contributed by atoms with Gasteiger partial charge in [-0.05, 0) is 53.0 Å². The van der Waals surface area contributed by atoms with Crippen LogP contribution in [0.2, 0.25) is 0 Å². The summed E-state index contributed by atoms with van der Waals surface area (Å²) in [5, 5.41) is 8.85. The molecule has 5 heteroatoms. The average molecular weight is 297 g/mol. The number of hydrogen-bond donors (Lipinski definition) is 3. The van der Waals surface area contributed by atoms with E-state index < -0.39 is 6.04 Å². The highest BCUT2D eigenvalue weighted by Crippen LogP contribution is 2.00. The van der Waals surface area contributed by atoms with Crippen LogP contribution in [0.4, 0.5) is 4.79 Å². The second-order valence-corrected chi connectivity index (χ2v) is 6.25. The first-order chi connectivity index (χ1) is 9.89. The van der Waals surface area contributed by atoms with Crippen molar-refractivity contribution in [2.75, 3.05) is 13.1 Å². The molecule has 0 saturated heterocycles. The number of carbonyl (C=O) groups excluding carboxylic acids is 2. The van der Waals surface area contributed by atoms with Crippen molar-refractivity contribution >= 4 is 12.3 Å². The molecule has 122 valence electrons. The van der Waals surface area contributed by atoms with E-state index in [0.717, 1.165) is 32.1 Å². The highest BCUT2D eigenvalue weighted by molar-refractivity contribution is 5.77. The van der Waals surface area contributed by atoms with Crippen LogP contribution in [0.25, 0.3) is 0 Å². The first-order valence-electron chi connectivity index (χ1n) is 7.74. The first-order valence-corrected chi connectivity index (χ1v) is 7.74. The molecule has 2 amide bonds. The van der Waals surface area contributed by atoms with Crippen LogP contribution in [0, 0.1) is 0 Å². The molecular weight excluding hydrogens is 266 g/mol. The van der Waals surface area contributed by atoms with Gasteiger partial charge in [0, 0.05) is 12.1 Å². The second-order valence-electron chi connectivity index (χ2n) is 6.25. The summed E-state index contributed by atoms with van der Waals surface area (Å²) in [4.78, 5) is 22.4. The molecule has 0 aliphatic heterocycles. The summed E-state index contributed by atoms with van der Waals surface area (Å²) in [6.07, 6.45) is 6.91. The molecule has 0 radical (unpaired) electrons. The van der Waals surface area contributed by atoms with Gasteiger partial charge < -0.3 is 20.7 Å². The molecule has 0 aliphatic rings. The average Bonchev–Trinajstić information content (AvgIpc) is 2.41. The minimum atomic E-state index is -0.431. The normalized spacial score (nSPS) is 12.5. The van der Waals surface area contributed by atoms with Gasteiger partial charge in [0.05, 0.1) is 6.04 Å². The highest BCUT2D eigenvalue weighted by Gasteiger charge is 2.09. The molecule has 3 N–H and O–H groups in total. The standard InChI is InChI=1S/C16H31N3O2/c1-5-6-10-14(13-20)19-15(21)17-11-8-7-9-12-18-16(2,3)4/h5,13-14,18H,1,6-12H2,2-4H3,(H2,17,19,21). The lowest BCUT2D eigenvalue weighted by Crippen LogP contribution is -2.43. The van der Waals surface area contributed by atoms with Gasteiger partial charge in [-0.1, -0.05) is 12.5 Å². The minimum absolute atomic E-state index is 0.160.